The molecule has 3 atom stereocenters. The second-order valence-electron chi connectivity index (χ2n) is 12.4. The number of fused-ring (bicyclic) bond motifs is 3. The number of urea groups is 1. The predicted octanol–water partition coefficient (Wildman–Crippen LogP) is 6.80. The Kier molecular flexibility index (Phi) is 8.90. The van der Waals surface area contributed by atoms with Crippen molar-refractivity contribution in [1.29, 1.82) is 0 Å². The van der Waals surface area contributed by atoms with E-state index >= 15 is 0 Å². The van der Waals surface area contributed by atoms with Crippen LogP contribution in [0.2, 0.25) is 0 Å². The lowest BCUT2D eigenvalue weighted by atomic mass is 9.95. The fraction of sp³-hybridized carbons (Fsp3) is 0.500. The zero-order valence-electron chi connectivity index (χ0n) is 25.9. The number of nitrogens with one attached hydrogen (secondary N) is 1. The quantitative estimate of drug-likeness (QED) is 0.300. The second-order valence-corrected chi connectivity index (χ2v) is 12.4. The molecule has 2 saturated heterocycles. The van der Waals surface area contributed by atoms with E-state index in [1.54, 1.807) is 4.90 Å². The van der Waals surface area contributed by atoms with E-state index in [0.29, 0.717) is 43.3 Å². The summed E-state index contributed by atoms with van der Waals surface area (Å²) in [4.78, 5) is 36.8. The van der Waals surface area contributed by atoms with E-state index in [2.05, 4.69) is 21.7 Å². The summed E-state index contributed by atoms with van der Waals surface area (Å²) in [5, 5.41) is 2.78. The van der Waals surface area contributed by atoms with Crippen LogP contribution in [-0.4, -0.2) is 63.0 Å². The first-order chi connectivity index (χ1) is 21.6. The van der Waals surface area contributed by atoms with Gasteiger partial charge >= 0.3 is 12.2 Å². The summed E-state index contributed by atoms with van der Waals surface area (Å²) in [7, 11) is 0. The fourth-order valence-electron chi connectivity index (χ4n) is 7.58. The minimum Gasteiger partial charge on any atom is -0.336 e. The Hall–Kier alpha value is -3.86. The highest BCUT2D eigenvalue weighted by atomic mass is 19.4. The molecule has 3 aliphatic heterocycles. The summed E-state index contributed by atoms with van der Waals surface area (Å²) in [6, 6.07) is 14.9. The monoisotopic (exact) mass is 622 g/mol. The Bertz CT molecular complexity index is 1490. The van der Waals surface area contributed by atoms with Crippen LogP contribution in [0.3, 0.4) is 0 Å². The summed E-state index contributed by atoms with van der Waals surface area (Å²) in [5.74, 6) is 1.23. The molecule has 0 saturated carbocycles. The second kappa shape index (κ2) is 12.9. The topological polar surface area (TPSA) is 73.7 Å². The molecule has 3 amide bonds. The van der Waals surface area contributed by atoms with Crippen molar-refractivity contribution >= 4 is 23.3 Å². The molecule has 6 rings (SSSR count). The first-order valence-electron chi connectivity index (χ1n) is 16.0. The molecule has 3 aromatic rings. The number of hydrogen-bond acceptors (Lipinski definition) is 4. The number of nitrogens with zero attached hydrogens (tertiary/aromatic N) is 5. The van der Waals surface area contributed by atoms with E-state index < -0.39 is 11.7 Å². The number of halogens is 3. The van der Waals surface area contributed by atoms with Crippen LogP contribution in [-0.2, 0) is 23.9 Å². The number of alkyl halides is 3. The molecule has 0 aliphatic carbocycles. The lowest BCUT2D eigenvalue weighted by Crippen LogP contribution is -2.45. The number of imidazole rings is 1. The van der Waals surface area contributed by atoms with Gasteiger partial charge in [-0.3, -0.25) is 14.6 Å². The molecular formula is C34H41F3N6O2. The summed E-state index contributed by atoms with van der Waals surface area (Å²) in [5.41, 5.74) is 2.64. The number of anilines is 2. The lowest BCUT2D eigenvalue weighted by molar-refractivity contribution is -0.137. The molecule has 0 spiro atoms. The van der Waals surface area contributed by atoms with Gasteiger partial charge < -0.3 is 14.8 Å². The standard InChI is InChI=1S/C34H41F3N6O2/c1-3-32(44)40-19-16-31-30(22-40)38-23(2)43(31)29-20-27-14-15-28(21-29)41(27)17-7-18-42(26-8-5-4-6-9-26)33(45)39-25-12-10-24(11-13-25)34(35,36)37/h4-6,8-13,27-29H,3,7,14-22H2,1-2H3,(H,39,45)/t27-,28+,29?. The average molecular weight is 623 g/mol. The SMILES string of the molecule is CCC(=O)N1CCc2c(nc(C)n2C2C[C@H]3CC[C@@H](C2)N3CCCN(C(=O)Nc2ccc(C(F)(F)F)cc2)c2ccccc2)C1. The predicted molar refractivity (Wildman–Crippen MR) is 167 cm³/mol. The van der Waals surface area contributed by atoms with Crippen molar-refractivity contribution in [1.82, 2.24) is 19.4 Å². The van der Waals surface area contributed by atoms with Crippen molar-refractivity contribution in [3.05, 3.63) is 77.4 Å². The highest BCUT2D eigenvalue weighted by molar-refractivity contribution is 6.01. The summed E-state index contributed by atoms with van der Waals surface area (Å²) in [6.45, 7) is 6.70. The molecule has 45 heavy (non-hydrogen) atoms. The number of carbonyl (C=O) groups is 2. The maximum atomic E-state index is 13.4. The van der Waals surface area contributed by atoms with Gasteiger partial charge in [-0.25, -0.2) is 9.78 Å². The molecule has 1 aromatic heterocycles. The van der Waals surface area contributed by atoms with Crippen molar-refractivity contribution in [2.24, 2.45) is 0 Å². The number of para-hydroxylation sites is 1. The molecule has 2 fully saturated rings. The molecule has 240 valence electrons. The van der Waals surface area contributed by atoms with Crippen molar-refractivity contribution < 1.29 is 22.8 Å². The van der Waals surface area contributed by atoms with Crippen LogP contribution >= 0.6 is 0 Å². The van der Waals surface area contributed by atoms with Gasteiger partial charge in [-0.1, -0.05) is 25.1 Å². The van der Waals surface area contributed by atoms with Gasteiger partial charge in [0.2, 0.25) is 5.91 Å². The Morgan fingerprint density at radius 3 is 2.33 bits per heavy atom. The van der Waals surface area contributed by atoms with Crippen molar-refractivity contribution in [2.45, 2.75) is 89.6 Å². The molecule has 11 heteroatoms. The van der Waals surface area contributed by atoms with Crippen LogP contribution in [0.1, 0.15) is 74.3 Å². The number of rotatable bonds is 8. The minimum atomic E-state index is -4.43. The van der Waals surface area contributed by atoms with Crippen molar-refractivity contribution in [2.75, 3.05) is 29.9 Å². The van der Waals surface area contributed by atoms with Crippen molar-refractivity contribution in [3.8, 4) is 0 Å². The maximum absolute atomic E-state index is 13.4. The number of aryl methyl sites for hydroxylation is 1. The smallest absolute Gasteiger partial charge is 0.336 e. The third-order valence-electron chi connectivity index (χ3n) is 9.68. The third kappa shape index (κ3) is 6.59. The fourth-order valence-corrected chi connectivity index (χ4v) is 7.58. The van der Waals surface area contributed by atoms with Crippen LogP contribution in [0.4, 0.5) is 29.3 Å². The molecule has 4 heterocycles. The first-order valence-corrected chi connectivity index (χ1v) is 16.0. The maximum Gasteiger partial charge on any atom is 0.416 e. The van der Waals surface area contributed by atoms with Crippen LogP contribution in [0, 0.1) is 6.92 Å². The first kappa shape index (κ1) is 31.1. The molecular weight excluding hydrogens is 581 g/mol. The van der Waals surface area contributed by atoms with Crippen LogP contribution < -0.4 is 10.2 Å². The molecule has 1 unspecified atom stereocenters. The van der Waals surface area contributed by atoms with E-state index in [-0.39, 0.29) is 11.9 Å². The number of hydrogen-bond donors (Lipinski definition) is 1. The van der Waals surface area contributed by atoms with Gasteiger partial charge in [-0.2, -0.15) is 13.2 Å². The largest absolute Gasteiger partial charge is 0.416 e. The Morgan fingerprint density at radius 2 is 1.69 bits per heavy atom. The highest BCUT2D eigenvalue weighted by Gasteiger charge is 2.42. The van der Waals surface area contributed by atoms with E-state index in [0.717, 1.165) is 81.0 Å². The third-order valence-corrected chi connectivity index (χ3v) is 9.68. The van der Waals surface area contributed by atoms with Gasteiger partial charge in [0, 0.05) is 67.7 Å². The van der Waals surface area contributed by atoms with Gasteiger partial charge in [0.05, 0.1) is 17.8 Å². The van der Waals surface area contributed by atoms with Gasteiger partial charge in [0.15, 0.2) is 0 Å². The summed E-state index contributed by atoms with van der Waals surface area (Å²) < 4.78 is 41.5. The molecule has 3 aliphatic rings. The number of carbonyl (C=O) groups excluding carboxylic acids is 2. The Labute approximate surface area is 262 Å². The molecule has 1 N–H and O–H groups in total. The molecule has 2 aromatic carbocycles. The number of benzene rings is 2. The number of amides is 3. The molecule has 2 bridgehead atoms. The van der Waals surface area contributed by atoms with E-state index in [1.807, 2.05) is 42.2 Å². The Morgan fingerprint density at radius 1 is 1.00 bits per heavy atom. The summed E-state index contributed by atoms with van der Waals surface area (Å²) in [6.07, 6.45) is 2.16. The lowest BCUT2D eigenvalue weighted by Gasteiger charge is -2.41. The van der Waals surface area contributed by atoms with E-state index in [1.165, 1.54) is 17.8 Å². The van der Waals surface area contributed by atoms with Crippen LogP contribution in [0.15, 0.2) is 54.6 Å². The van der Waals surface area contributed by atoms with Gasteiger partial charge in [0.1, 0.15) is 5.82 Å². The van der Waals surface area contributed by atoms with Gasteiger partial charge in [0.25, 0.3) is 0 Å². The number of piperidine rings is 1. The zero-order valence-corrected chi connectivity index (χ0v) is 25.9. The van der Waals surface area contributed by atoms with Crippen LogP contribution in [0.5, 0.6) is 0 Å². The van der Waals surface area contributed by atoms with E-state index in [9.17, 15) is 22.8 Å². The van der Waals surface area contributed by atoms with E-state index in [4.69, 9.17) is 4.98 Å². The van der Waals surface area contributed by atoms with Crippen LogP contribution in [0.25, 0.3) is 0 Å². The number of aromatic nitrogens is 2. The highest BCUT2D eigenvalue weighted by Crippen LogP contribution is 2.42. The average Bonchev–Trinajstić information content (AvgIpc) is 3.48. The van der Waals surface area contributed by atoms with Crippen molar-refractivity contribution in [3.63, 3.8) is 0 Å². The van der Waals surface area contributed by atoms with Gasteiger partial charge in [-0.05, 0) is 75.4 Å². The normalized spacial score (nSPS) is 21.4. The zero-order chi connectivity index (χ0) is 31.7. The van der Waals surface area contributed by atoms with Gasteiger partial charge in [-0.15, -0.1) is 0 Å². The molecule has 8 nitrogen and oxygen atoms in total. The minimum absolute atomic E-state index is 0.183. The molecule has 0 radical (unpaired) electrons. The summed E-state index contributed by atoms with van der Waals surface area (Å²) >= 11 is 0. The Balaban J connectivity index is 1.09.